The lowest BCUT2D eigenvalue weighted by atomic mass is 10.00. The molecule has 1 heterocycles. The second-order valence-electron chi connectivity index (χ2n) is 5.02. The van der Waals surface area contributed by atoms with Crippen molar-refractivity contribution in [3.05, 3.63) is 41.6 Å². The summed E-state index contributed by atoms with van der Waals surface area (Å²) in [5.41, 5.74) is 2.09. The molecule has 0 aliphatic heterocycles. The number of nitrogens with one attached hydrogen (secondary N) is 1. The predicted octanol–water partition coefficient (Wildman–Crippen LogP) is 3.69. The largest absolute Gasteiger partial charge is 0.361 e. The van der Waals surface area contributed by atoms with Crippen LogP contribution in [0.25, 0.3) is 17.0 Å². The zero-order chi connectivity index (χ0) is 13.8. The van der Waals surface area contributed by atoms with Crippen LogP contribution in [-0.4, -0.2) is 10.8 Å². The highest BCUT2D eigenvalue weighted by Gasteiger charge is 2.11. The van der Waals surface area contributed by atoms with Crippen molar-refractivity contribution >= 4 is 22.8 Å². The first kappa shape index (κ1) is 13.1. The third-order valence-electron chi connectivity index (χ3n) is 2.90. The van der Waals surface area contributed by atoms with E-state index in [2.05, 4.69) is 4.98 Å². The van der Waals surface area contributed by atoms with Crippen LogP contribution < -0.4 is 0 Å². The van der Waals surface area contributed by atoms with Gasteiger partial charge in [-0.2, -0.15) is 5.26 Å². The summed E-state index contributed by atoms with van der Waals surface area (Å²) in [5.74, 6) is 0.166. The van der Waals surface area contributed by atoms with Crippen molar-refractivity contribution in [1.29, 1.82) is 5.26 Å². The molecule has 0 radical (unpaired) electrons. The Morgan fingerprint density at radius 2 is 2.21 bits per heavy atom. The number of allylic oxidation sites excluding steroid dienone is 1. The molecule has 2 aromatic rings. The fraction of sp³-hybridized carbons (Fsp3) is 0.250. The van der Waals surface area contributed by atoms with E-state index >= 15 is 0 Å². The fourth-order valence-corrected chi connectivity index (χ4v) is 1.98. The third kappa shape index (κ3) is 3.11. The molecule has 0 bridgehead atoms. The Balaban J connectivity index is 2.31. The van der Waals surface area contributed by atoms with Crippen LogP contribution in [0.1, 0.15) is 25.8 Å². The number of carbonyl (C=O) groups excluding carboxylic acids is 1. The molecule has 19 heavy (non-hydrogen) atoms. The molecule has 0 spiro atoms. The Morgan fingerprint density at radius 3 is 2.89 bits per heavy atom. The van der Waals surface area contributed by atoms with E-state index in [1.54, 1.807) is 6.08 Å². The summed E-state index contributed by atoms with van der Waals surface area (Å²) in [4.78, 5) is 15.0. The molecule has 0 atom stereocenters. The van der Waals surface area contributed by atoms with Gasteiger partial charge in [0.05, 0.1) is 5.57 Å². The van der Waals surface area contributed by atoms with Crippen LogP contribution in [0.2, 0.25) is 0 Å². The third-order valence-corrected chi connectivity index (χ3v) is 2.90. The Kier molecular flexibility index (Phi) is 3.82. The number of hydrogen-bond donors (Lipinski definition) is 1. The first-order chi connectivity index (χ1) is 9.10. The quantitative estimate of drug-likeness (QED) is 0.666. The highest BCUT2D eigenvalue weighted by atomic mass is 16.1. The first-order valence-corrected chi connectivity index (χ1v) is 6.32. The maximum absolute atomic E-state index is 11.9. The van der Waals surface area contributed by atoms with Gasteiger partial charge in [0.15, 0.2) is 5.78 Å². The van der Waals surface area contributed by atoms with Gasteiger partial charge in [-0.15, -0.1) is 0 Å². The number of fused-ring (bicyclic) bond motifs is 1. The van der Waals surface area contributed by atoms with E-state index in [1.165, 1.54) is 0 Å². The summed E-state index contributed by atoms with van der Waals surface area (Å²) in [5, 5.41) is 10.2. The van der Waals surface area contributed by atoms with Crippen LogP contribution in [0.15, 0.2) is 36.0 Å². The van der Waals surface area contributed by atoms with Gasteiger partial charge in [-0.25, -0.2) is 0 Å². The minimum absolute atomic E-state index is 0.0934. The van der Waals surface area contributed by atoms with Gasteiger partial charge in [0.25, 0.3) is 0 Å². The van der Waals surface area contributed by atoms with Crippen LogP contribution in [-0.2, 0) is 4.79 Å². The van der Waals surface area contributed by atoms with Crippen molar-refractivity contribution in [2.45, 2.75) is 20.3 Å². The molecule has 0 aliphatic carbocycles. The number of ketones is 1. The number of carbonyl (C=O) groups is 1. The molecule has 1 N–H and O–H groups in total. The number of nitrogens with zero attached hydrogens (tertiary/aromatic N) is 1. The molecule has 0 saturated heterocycles. The Labute approximate surface area is 112 Å². The molecule has 0 fully saturated rings. The number of hydrogen-bond acceptors (Lipinski definition) is 2. The van der Waals surface area contributed by atoms with Gasteiger partial charge >= 0.3 is 0 Å². The molecule has 3 heteroatoms. The Bertz CT molecular complexity index is 671. The van der Waals surface area contributed by atoms with E-state index in [9.17, 15) is 4.79 Å². The van der Waals surface area contributed by atoms with Gasteiger partial charge in [0.2, 0.25) is 0 Å². The van der Waals surface area contributed by atoms with E-state index in [-0.39, 0.29) is 17.3 Å². The molecule has 1 aromatic carbocycles. The van der Waals surface area contributed by atoms with E-state index in [1.807, 2.05) is 50.4 Å². The lowest BCUT2D eigenvalue weighted by Gasteiger charge is -2.02. The van der Waals surface area contributed by atoms with Crippen LogP contribution in [0.4, 0.5) is 0 Å². The number of Topliss-reactive ketones (excluding diaryl/α,β-unsaturated/α-hetero) is 1. The summed E-state index contributed by atoms with van der Waals surface area (Å²) in [6.45, 7) is 3.94. The van der Waals surface area contributed by atoms with Crippen molar-refractivity contribution < 1.29 is 4.79 Å². The summed E-state index contributed by atoms with van der Waals surface area (Å²) < 4.78 is 0. The number of nitriles is 1. The monoisotopic (exact) mass is 252 g/mol. The molecular formula is C16H16N2O. The highest BCUT2D eigenvalue weighted by molar-refractivity contribution is 6.03. The molecule has 0 saturated carbocycles. The number of benzene rings is 1. The number of aromatic amines is 1. The highest BCUT2D eigenvalue weighted by Crippen LogP contribution is 2.17. The van der Waals surface area contributed by atoms with Crippen LogP contribution in [0, 0.1) is 17.2 Å². The topological polar surface area (TPSA) is 56.6 Å². The first-order valence-electron chi connectivity index (χ1n) is 6.32. The lowest BCUT2D eigenvalue weighted by molar-refractivity contribution is -0.115. The van der Waals surface area contributed by atoms with Crippen molar-refractivity contribution in [2.24, 2.45) is 5.92 Å². The average Bonchev–Trinajstić information content (AvgIpc) is 2.82. The fourth-order valence-electron chi connectivity index (χ4n) is 1.98. The molecule has 1 aromatic heterocycles. The van der Waals surface area contributed by atoms with E-state index in [4.69, 9.17) is 5.26 Å². The van der Waals surface area contributed by atoms with Crippen molar-refractivity contribution in [3.63, 3.8) is 0 Å². The number of H-pyrrole nitrogens is 1. The van der Waals surface area contributed by atoms with Crippen molar-refractivity contribution in [1.82, 2.24) is 4.98 Å². The zero-order valence-corrected chi connectivity index (χ0v) is 11.1. The van der Waals surface area contributed by atoms with E-state index < -0.39 is 0 Å². The minimum Gasteiger partial charge on any atom is -0.361 e. The summed E-state index contributed by atoms with van der Waals surface area (Å²) in [6, 6.07) is 9.81. The van der Waals surface area contributed by atoms with Crippen LogP contribution in [0.5, 0.6) is 0 Å². The number of aromatic nitrogens is 1. The summed E-state index contributed by atoms with van der Waals surface area (Å²) in [7, 11) is 0. The van der Waals surface area contributed by atoms with E-state index in [0.29, 0.717) is 6.42 Å². The smallest absolute Gasteiger partial charge is 0.173 e. The molecular weight excluding hydrogens is 236 g/mol. The maximum Gasteiger partial charge on any atom is 0.173 e. The molecule has 0 unspecified atom stereocenters. The molecule has 3 nitrogen and oxygen atoms in total. The van der Waals surface area contributed by atoms with Crippen molar-refractivity contribution in [2.75, 3.05) is 0 Å². The van der Waals surface area contributed by atoms with Crippen LogP contribution >= 0.6 is 0 Å². The van der Waals surface area contributed by atoms with Gasteiger partial charge in [-0.3, -0.25) is 4.79 Å². The summed E-state index contributed by atoms with van der Waals surface area (Å²) in [6.07, 6.45) is 3.93. The standard InChI is InChI=1S/C16H16N2O/c1-11(2)7-16(19)14(10-17)8-12-3-4-13-5-6-18-15(13)9-12/h3-6,8-9,11,18H,7H2,1-2H3/b14-8+. The number of rotatable bonds is 4. The minimum atomic E-state index is -0.0934. The van der Waals surface area contributed by atoms with Crippen molar-refractivity contribution in [3.8, 4) is 6.07 Å². The van der Waals surface area contributed by atoms with Gasteiger partial charge in [0, 0.05) is 18.1 Å². The van der Waals surface area contributed by atoms with E-state index in [0.717, 1.165) is 16.5 Å². The second kappa shape index (κ2) is 5.53. The van der Waals surface area contributed by atoms with Crippen LogP contribution in [0.3, 0.4) is 0 Å². The maximum atomic E-state index is 11.9. The van der Waals surface area contributed by atoms with Gasteiger partial charge in [-0.05, 0) is 35.1 Å². The Hall–Kier alpha value is -2.34. The zero-order valence-electron chi connectivity index (χ0n) is 11.1. The predicted molar refractivity (Wildman–Crippen MR) is 76.4 cm³/mol. The SMILES string of the molecule is CC(C)CC(=O)/C(C#N)=C/c1ccc2cc[nH]c2c1. The second-order valence-corrected chi connectivity index (χ2v) is 5.02. The Morgan fingerprint density at radius 1 is 1.42 bits per heavy atom. The molecule has 0 amide bonds. The normalized spacial score (nSPS) is 11.8. The van der Waals surface area contributed by atoms with Gasteiger partial charge in [-0.1, -0.05) is 26.0 Å². The average molecular weight is 252 g/mol. The molecule has 0 aliphatic rings. The van der Waals surface area contributed by atoms with Gasteiger partial charge in [0.1, 0.15) is 6.07 Å². The lowest BCUT2D eigenvalue weighted by Crippen LogP contribution is -2.04. The van der Waals surface area contributed by atoms with Gasteiger partial charge < -0.3 is 4.98 Å². The molecule has 2 rings (SSSR count). The summed E-state index contributed by atoms with van der Waals surface area (Å²) >= 11 is 0. The molecule has 96 valence electrons.